The summed E-state index contributed by atoms with van der Waals surface area (Å²) in [7, 11) is 0. The second kappa shape index (κ2) is 7.59. The lowest BCUT2D eigenvalue weighted by Crippen LogP contribution is -1.95. The Bertz CT molecular complexity index is 463. The van der Waals surface area contributed by atoms with Crippen molar-refractivity contribution in [3.8, 4) is 0 Å². The quantitative estimate of drug-likeness (QED) is 0.783. The lowest BCUT2D eigenvalue weighted by atomic mass is 10.0. The van der Waals surface area contributed by atoms with Gasteiger partial charge in [-0.2, -0.15) is 0 Å². The zero-order valence-electron chi connectivity index (χ0n) is 11.3. The number of hydrogen-bond donors (Lipinski definition) is 0. The van der Waals surface area contributed by atoms with Crippen LogP contribution in [0.3, 0.4) is 0 Å². The van der Waals surface area contributed by atoms with Crippen molar-refractivity contribution in [3.05, 3.63) is 65.2 Å². The highest BCUT2D eigenvalue weighted by atomic mass is 19.1. The van der Waals surface area contributed by atoms with Crippen LogP contribution in [0.15, 0.2) is 42.6 Å². The van der Waals surface area contributed by atoms with Crippen LogP contribution in [0.2, 0.25) is 0 Å². The standard InChI is InChI=1S/C14H14FN.C2H6/c1-11-13(3-2-10-16-11)7-4-12-5-8-14(15)9-6-12;1-2/h2-3,5-6,8-10H,4,7H2,1H3;1-2H3. The maximum atomic E-state index is 12.7. The molecular weight excluding hydrogens is 225 g/mol. The zero-order chi connectivity index (χ0) is 13.4. The fraction of sp³-hybridized carbons (Fsp3) is 0.312. The van der Waals surface area contributed by atoms with E-state index in [1.807, 2.05) is 39.0 Å². The van der Waals surface area contributed by atoms with E-state index in [1.54, 1.807) is 6.20 Å². The fourth-order valence-electron chi connectivity index (χ4n) is 1.71. The molecule has 0 atom stereocenters. The summed E-state index contributed by atoms with van der Waals surface area (Å²) in [6.07, 6.45) is 3.68. The Balaban J connectivity index is 0.000000771. The van der Waals surface area contributed by atoms with E-state index in [0.29, 0.717) is 0 Å². The van der Waals surface area contributed by atoms with Crippen LogP contribution in [-0.2, 0) is 12.8 Å². The van der Waals surface area contributed by atoms with Crippen molar-refractivity contribution < 1.29 is 4.39 Å². The molecule has 0 saturated carbocycles. The van der Waals surface area contributed by atoms with Gasteiger partial charge < -0.3 is 0 Å². The molecule has 0 radical (unpaired) electrons. The third kappa shape index (κ3) is 4.28. The first-order chi connectivity index (χ1) is 8.75. The average Bonchev–Trinajstić information content (AvgIpc) is 2.42. The monoisotopic (exact) mass is 245 g/mol. The molecule has 0 N–H and O–H groups in total. The van der Waals surface area contributed by atoms with Gasteiger partial charge in [-0.05, 0) is 49.1 Å². The van der Waals surface area contributed by atoms with Gasteiger partial charge >= 0.3 is 0 Å². The molecule has 96 valence electrons. The summed E-state index contributed by atoms with van der Waals surface area (Å²) in [6, 6.07) is 10.7. The Morgan fingerprint density at radius 2 is 1.67 bits per heavy atom. The molecule has 2 aromatic rings. The van der Waals surface area contributed by atoms with Gasteiger partial charge in [-0.3, -0.25) is 4.98 Å². The van der Waals surface area contributed by atoms with Gasteiger partial charge in [0.05, 0.1) is 0 Å². The molecular formula is C16H20FN. The number of rotatable bonds is 3. The molecule has 0 saturated heterocycles. The van der Waals surface area contributed by atoms with Gasteiger partial charge in [-0.1, -0.05) is 32.0 Å². The van der Waals surface area contributed by atoms with Crippen LogP contribution in [0.5, 0.6) is 0 Å². The third-order valence-electron chi connectivity index (χ3n) is 2.71. The molecule has 0 aliphatic heterocycles. The van der Waals surface area contributed by atoms with Gasteiger partial charge in [0.15, 0.2) is 0 Å². The van der Waals surface area contributed by atoms with Crippen LogP contribution in [0.25, 0.3) is 0 Å². The van der Waals surface area contributed by atoms with Gasteiger partial charge in [0.25, 0.3) is 0 Å². The highest BCUT2D eigenvalue weighted by Crippen LogP contribution is 2.10. The van der Waals surface area contributed by atoms with E-state index in [1.165, 1.54) is 17.7 Å². The minimum absolute atomic E-state index is 0.179. The first-order valence-corrected chi connectivity index (χ1v) is 6.40. The lowest BCUT2D eigenvalue weighted by molar-refractivity contribution is 0.627. The predicted octanol–water partition coefficient (Wildman–Crippen LogP) is 4.34. The topological polar surface area (TPSA) is 12.9 Å². The highest BCUT2D eigenvalue weighted by molar-refractivity contribution is 5.22. The Morgan fingerprint density at radius 3 is 2.28 bits per heavy atom. The minimum atomic E-state index is -0.179. The van der Waals surface area contributed by atoms with Crippen LogP contribution in [0.1, 0.15) is 30.7 Å². The van der Waals surface area contributed by atoms with Crippen LogP contribution < -0.4 is 0 Å². The van der Waals surface area contributed by atoms with Crippen molar-refractivity contribution in [1.29, 1.82) is 0 Å². The maximum Gasteiger partial charge on any atom is 0.123 e. The molecule has 1 aromatic carbocycles. The van der Waals surface area contributed by atoms with Crippen molar-refractivity contribution >= 4 is 0 Å². The number of nitrogens with zero attached hydrogens (tertiary/aromatic N) is 1. The van der Waals surface area contributed by atoms with Crippen LogP contribution >= 0.6 is 0 Å². The van der Waals surface area contributed by atoms with Gasteiger partial charge in [0.1, 0.15) is 5.82 Å². The first kappa shape index (κ1) is 14.4. The number of aryl methyl sites for hydroxylation is 3. The van der Waals surface area contributed by atoms with E-state index in [9.17, 15) is 4.39 Å². The predicted molar refractivity (Wildman–Crippen MR) is 74.1 cm³/mol. The summed E-state index contributed by atoms with van der Waals surface area (Å²) < 4.78 is 12.7. The molecule has 2 heteroatoms. The molecule has 1 nitrogen and oxygen atoms in total. The van der Waals surface area contributed by atoms with Gasteiger partial charge in [0, 0.05) is 11.9 Å². The molecule has 0 aliphatic rings. The first-order valence-electron chi connectivity index (χ1n) is 6.40. The fourth-order valence-corrected chi connectivity index (χ4v) is 1.71. The van der Waals surface area contributed by atoms with Crippen LogP contribution in [-0.4, -0.2) is 4.98 Å². The largest absolute Gasteiger partial charge is 0.261 e. The molecule has 1 heterocycles. The molecule has 18 heavy (non-hydrogen) atoms. The Kier molecular flexibility index (Phi) is 6.06. The summed E-state index contributed by atoms with van der Waals surface area (Å²) in [6.45, 7) is 6.01. The average molecular weight is 245 g/mol. The van der Waals surface area contributed by atoms with Crippen molar-refractivity contribution in [2.45, 2.75) is 33.6 Å². The number of halogens is 1. The van der Waals surface area contributed by atoms with E-state index >= 15 is 0 Å². The molecule has 0 amide bonds. The Hall–Kier alpha value is -1.70. The van der Waals surface area contributed by atoms with Gasteiger partial charge in [0.2, 0.25) is 0 Å². The molecule has 0 unspecified atom stereocenters. The van der Waals surface area contributed by atoms with Crippen molar-refractivity contribution in [3.63, 3.8) is 0 Å². The summed E-state index contributed by atoms with van der Waals surface area (Å²) in [5.74, 6) is -0.179. The van der Waals surface area contributed by atoms with E-state index in [4.69, 9.17) is 0 Å². The summed E-state index contributed by atoms with van der Waals surface area (Å²) in [4.78, 5) is 4.25. The summed E-state index contributed by atoms with van der Waals surface area (Å²) in [5, 5.41) is 0. The number of hydrogen-bond acceptors (Lipinski definition) is 1. The minimum Gasteiger partial charge on any atom is -0.261 e. The van der Waals surface area contributed by atoms with Gasteiger partial charge in [-0.25, -0.2) is 4.39 Å². The third-order valence-corrected chi connectivity index (χ3v) is 2.71. The summed E-state index contributed by atoms with van der Waals surface area (Å²) in [5.41, 5.74) is 3.49. The number of pyridine rings is 1. The second-order valence-electron chi connectivity index (χ2n) is 3.87. The van der Waals surface area contributed by atoms with Crippen molar-refractivity contribution in [1.82, 2.24) is 4.98 Å². The zero-order valence-corrected chi connectivity index (χ0v) is 11.3. The van der Waals surface area contributed by atoms with Crippen LogP contribution in [0, 0.1) is 12.7 Å². The normalized spacial score (nSPS) is 9.56. The van der Waals surface area contributed by atoms with Crippen LogP contribution in [0.4, 0.5) is 4.39 Å². The lowest BCUT2D eigenvalue weighted by Gasteiger charge is -2.04. The summed E-state index contributed by atoms with van der Waals surface area (Å²) >= 11 is 0. The van der Waals surface area contributed by atoms with E-state index in [2.05, 4.69) is 11.1 Å². The Labute approximate surface area is 109 Å². The molecule has 2 rings (SSSR count). The number of aromatic nitrogens is 1. The van der Waals surface area contributed by atoms with Gasteiger partial charge in [-0.15, -0.1) is 0 Å². The second-order valence-corrected chi connectivity index (χ2v) is 3.87. The SMILES string of the molecule is CC.Cc1ncccc1CCc1ccc(F)cc1. The number of benzene rings is 1. The van der Waals surface area contributed by atoms with E-state index in [-0.39, 0.29) is 5.82 Å². The van der Waals surface area contributed by atoms with E-state index in [0.717, 1.165) is 24.1 Å². The smallest absolute Gasteiger partial charge is 0.123 e. The van der Waals surface area contributed by atoms with E-state index < -0.39 is 0 Å². The molecule has 1 aromatic heterocycles. The maximum absolute atomic E-state index is 12.7. The molecule has 0 spiro atoms. The molecule has 0 aliphatic carbocycles. The molecule has 0 bridgehead atoms. The highest BCUT2D eigenvalue weighted by Gasteiger charge is 1.99. The van der Waals surface area contributed by atoms with Crippen molar-refractivity contribution in [2.24, 2.45) is 0 Å². The molecule has 0 fully saturated rings. The van der Waals surface area contributed by atoms with Crippen molar-refractivity contribution in [2.75, 3.05) is 0 Å². The Morgan fingerprint density at radius 1 is 1.00 bits per heavy atom.